The third-order valence-corrected chi connectivity index (χ3v) is 5.46. The zero-order chi connectivity index (χ0) is 20.0. The van der Waals surface area contributed by atoms with Crippen molar-refractivity contribution in [3.8, 4) is 0 Å². The Hall–Kier alpha value is -2.71. The second-order valence-corrected chi connectivity index (χ2v) is 8.03. The van der Waals surface area contributed by atoms with Gasteiger partial charge in [-0.05, 0) is 43.7 Å². The van der Waals surface area contributed by atoms with Gasteiger partial charge in [-0.2, -0.15) is 0 Å². The van der Waals surface area contributed by atoms with E-state index < -0.39 is 27.8 Å². The van der Waals surface area contributed by atoms with Crippen molar-refractivity contribution < 1.29 is 23.1 Å². The number of benzene rings is 2. The Morgan fingerprint density at radius 1 is 1.00 bits per heavy atom. The Morgan fingerprint density at radius 2 is 1.59 bits per heavy atom. The number of hydrogen-bond donors (Lipinski definition) is 3. The van der Waals surface area contributed by atoms with Gasteiger partial charge in [0.15, 0.2) is 0 Å². The van der Waals surface area contributed by atoms with Crippen LogP contribution in [0, 0.1) is 0 Å². The first-order chi connectivity index (χ1) is 12.7. The summed E-state index contributed by atoms with van der Waals surface area (Å²) in [7, 11) is -3.63. The van der Waals surface area contributed by atoms with Crippen LogP contribution >= 0.6 is 0 Å². The Balaban J connectivity index is 2.06. The highest BCUT2D eigenvalue weighted by atomic mass is 32.2. The first-order valence-corrected chi connectivity index (χ1v) is 9.87. The molecule has 144 valence electrons. The summed E-state index contributed by atoms with van der Waals surface area (Å²) in [4.78, 5) is 23.8. The topological polar surface area (TPSA) is 113 Å². The van der Waals surface area contributed by atoms with E-state index >= 15 is 0 Å². The molecule has 1 unspecified atom stereocenters. The minimum Gasteiger partial charge on any atom is -0.481 e. The molecule has 3 N–H and O–H groups in total. The number of carboxylic acid groups (broad SMARTS) is 1. The molecule has 1 amide bonds. The maximum atomic E-state index is 12.3. The first-order valence-electron chi connectivity index (χ1n) is 8.39. The lowest BCUT2D eigenvalue weighted by Crippen LogP contribution is -2.32. The number of carboxylic acids is 1. The van der Waals surface area contributed by atoms with Gasteiger partial charge in [-0.25, -0.2) is 13.1 Å². The van der Waals surface area contributed by atoms with Crippen LogP contribution in [0.3, 0.4) is 0 Å². The van der Waals surface area contributed by atoms with Gasteiger partial charge in [-0.15, -0.1) is 0 Å². The fourth-order valence-corrected chi connectivity index (χ4v) is 3.74. The summed E-state index contributed by atoms with van der Waals surface area (Å²) in [6.45, 7) is 3.35. The molecule has 0 saturated heterocycles. The summed E-state index contributed by atoms with van der Waals surface area (Å²) < 4.78 is 26.6. The molecule has 0 heterocycles. The number of amides is 1. The molecule has 0 aliphatic heterocycles. The molecule has 2 rings (SSSR count). The Labute approximate surface area is 158 Å². The summed E-state index contributed by atoms with van der Waals surface area (Å²) >= 11 is 0. The van der Waals surface area contributed by atoms with Crippen LogP contribution in [0.1, 0.15) is 35.7 Å². The van der Waals surface area contributed by atoms with Crippen molar-refractivity contribution in [3.63, 3.8) is 0 Å². The number of sulfonamides is 1. The molecule has 0 spiro atoms. The average Bonchev–Trinajstić information content (AvgIpc) is 2.61. The molecule has 1 atom stereocenters. The number of aliphatic carboxylic acids is 1. The van der Waals surface area contributed by atoms with Crippen molar-refractivity contribution in [1.29, 1.82) is 0 Å². The van der Waals surface area contributed by atoms with Crippen LogP contribution in [0.25, 0.3) is 0 Å². The number of nitrogens with one attached hydrogen (secondary N) is 2. The predicted molar refractivity (Wildman–Crippen MR) is 101 cm³/mol. The van der Waals surface area contributed by atoms with E-state index in [-0.39, 0.29) is 23.0 Å². The minimum absolute atomic E-state index is 0.0560. The second-order valence-electron chi connectivity index (χ2n) is 6.31. The Bertz CT molecular complexity index is 893. The summed E-state index contributed by atoms with van der Waals surface area (Å²) in [5.74, 6) is -2.38. The molecule has 0 bridgehead atoms. The van der Waals surface area contributed by atoms with Gasteiger partial charge in [0.2, 0.25) is 10.0 Å². The molecule has 0 saturated carbocycles. The van der Waals surface area contributed by atoms with E-state index in [4.69, 9.17) is 0 Å². The normalized spacial score (nSPS) is 12.6. The molecule has 8 heteroatoms. The number of rotatable bonds is 8. The SMILES string of the molecule is CC(C)NS(=O)(=O)c1ccc(C(=O)NCC(C(=O)O)c2ccccc2)cc1. The highest BCUT2D eigenvalue weighted by molar-refractivity contribution is 7.89. The van der Waals surface area contributed by atoms with Crippen LogP contribution in [-0.2, 0) is 14.8 Å². The Morgan fingerprint density at radius 3 is 2.11 bits per heavy atom. The third kappa shape index (κ3) is 5.63. The van der Waals surface area contributed by atoms with E-state index in [0.29, 0.717) is 5.56 Å². The van der Waals surface area contributed by atoms with Gasteiger partial charge in [0.25, 0.3) is 5.91 Å². The first kappa shape index (κ1) is 20.6. The fourth-order valence-electron chi connectivity index (χ4n) is 2.49. The standard InChI is InChI=1S/C19H22N2O5S/c1-13(2)21-27(25,26)16-10-8-15(9-11-16)18(22)20-12-17(19(23)24)14-6-4-3-5-7-14/h3-11,13,17,21H,12H2,1-2H3,(H,20,22)(H,23,24). The number of carbonyl (C=O) groups excluding carboxylic acids is 1. The molecule has 7 nitrogen and oxygen atoms in total. The van der Waals surface area contributed by atoms with E-state index in [2.05, 4.69) is 10.0 Å². The van der Waals surface area contributed by atoms with Gasteiger partial charge in [-0.1, -0.05) is 30.3 Å². The van der Waals surface area contributed by atoms with Crippen LogP contribution in [-0.4, -0.2) is 38.0 Å². The maximum absolute atomic E-state index is 12.3. The third-order valence-electron chi connectivity index (χ3n) is 3.78. The van der Waals surface area contributed by atoms with Crippen LogP contribution in [0.4, 0.5) is 0 Å². The van der Waals surface area contributed by atoms with Crippen LogP contribution in [0.5, 0.6) is 0 Å². The molecular formula is C19H22N2O5S. The summed E-state index contributed by atoms with van der Waals surface area (Å²) in [5, 5.41) is 12.0. The number of hydrogen-bond acceptors (Lipinski definition) is 4. The minimum atomic E-state index is -3.63. The van der Waals surface area contributed by atoms with Crippen LogP contribution in [0.15, 0.2) is 59.5 Å². The van der Waals surface area contributed by atoms with Gasteiger partial charge in [-0.3, -0.25) is 9.59 Å². The molecule has 2 aromatic carbocycles. The second kappa shape index (κ2) is 8.79. The highest BCUT2D eigenvalue weighted by Crippen LogP contribution is 2.16. The highest BCUT2D eigenvalue weighted by Gasteiger charge is 2.21. The lowest BCUT2D eigenvalue weighted by molar-refractivity contribution is -0.138. The molecule has 27 heavy (non-hydrogen) atoms. The average molecular weight is 390 g/mol. The van der Waals surface area contributed by atoms with Gasteiger partial charge in [0.05, 0.1) is 10.8 Å². The molecule has 0 fully saturated rings. The van der Waals surface area contributed by atoms with E-state index in [9.17, 15) is 23.1 Å². The smallest absolute Gasteiger partial charge is 0.312 e. The molecule has 2 aromatic rings. The molecular weight excluding hydrogens is 368 g/mol. The predicted octanol–water partition coefficient (Wildman–Crippen LogP) is 1.97. The summed E-state index contributed by atoms with van der Waals surface area (Å²) in [6.07, 6.45) is 0. The zero-order valence-electron chi connectivity index (χ0n) is 15.0. The van der Waals surface area contributed by atoms with Crippen molar-refractivity contribution in [3.05, 3.63) is 65.7 Å². The van der Waals surface area contributed by atoms with Crippen LogP contribution in [0.2, 0.25) is 0 Å². The lowest BCUT2D eigenvalue weighted by Gasteiger charge is -2.14. The van der Waals surface area contributed by atoms with E-state index in [1.807, 2.05) is 0 Å². The zero-order valence-corrected chi connectivity index (χ0v) is 15.9. The Kier molecular flexibility index (Phi) is 6.70. The fraction of sp³-hybridized carbons (Fsp3) is 0.263. The van der Waals surface area contributed by atoms with Crippen molar-refractivity contribution >= 4 is 21.9 Å². The van der Waals surface area contributed by atoms with E-state index in [1.54, 1.807) is 44.2 Å². The van der Waals surface area contributed by atoms with Gasteiger partial charge in [0.1, 0.15) is 0 Å². The summed E-state index contributed by atoms with van der Waals surface area (Å²) in [5.41, 5.74) is 0.835. The van der Waals surface area contributed by atoms with Crippen molar-refractivity contribution in [1.82, 2.24) is 10.0 Å². The van der Waals surface area contributed by atoms with Crippen molar-refractivity contribution in [2.45, 2.75) is 30.7 Å². The monoisotopic (exact) mass is 390 g/mol. The van der Waals surface area contributed by atoms with Gasteiger partial charge >= 0.3 is 5.97 Å². The largest absolute Gasteiger partial charge is 0.481 e. The quantitative estimate of drug-likeness (QED) is 0.638. The molecule has 0 aliphatic rings. The van der Waals surface area contributed by atoms with Crippen molar-refractivity contribution in [2.24, 2.45) is 0 Å². The molecule has 0 aromatic heterocycles. The lowest BCUT2D eigenvalue weighted by atomic mass is 9.99. The van der Waals surface area contributed by atoms with Crippen molar-refractivity contribution in [2.75, 3.05) is 6.54 Å². The van der Waals surface area contributed by atoms with Crippen LogP contribution < -0.4 is 10.0 Å². The number of carbonyl (C=O) groups is 2. The van der Waals surface area contributed by atoms with E-state index in [0.717, 1.165) is 0 Å². The molecule has 0 radical (unpaired) electrons. The van der Waals surface area contributed by atoms with E-state index in [1.165, 1.54) is 24.3 Å². The maximum Gasteiger partial charge on any atom is 0.312 e. The van der Waals surface area contributed by atoms with Gasteiger partial charge in [0, 0.05) is 18.2 Å². The summed E-state index contributed by atoms with van der Waals surface area (Å²) in [6, 6.07) is 13.8. The van der Waals surface area contributed by atoms with Gasteiger partial charge < -0.3 is 10.4 Å². The molecule has 0 aliphatic carbocycles.